The Morgan fingerprint density at radius 1 is 0.680 bits per heavy atom. The van der Waals surface area contributed by atoms with Gasteiger partial charge in [-0.3, -0.25) is 0 Å². The Balaban J connectivity index is 1.97. The molecule has 5 rings (SSSR count). The third-order valence-electron chi connectivity index (χ3n) is 5.92. The number of para-hydroxylation sites is 3. The first kappa shape index (κ1) is 15.3. The van der Waals surface area contributed by atoms with Crippen molar-refractivity contribution in [1.29, 1.82) is 0 Å². The Morgan fingerprint density at radius 2 is 1.28 bits per heavy atom. The van der Waals surface area contributed by atoms with Crippen LogP contribution >= 0.6 is 0 Å². The molecule has 2 heteroatoms. The van der Waals surface area contributed by atoms with Crippen molar-refractivity contribution in [2.45, 2.75) is 30.9 Å². The molecule has 3 aromatic carbocycles. The Morgan fingerprint density at radius 3 is 2.08 bits per heavy atom. The molecule has 0 aromatic heterocycles. The maximum absolute atomic E-state index is 2.53. The van der Waals surface area contributed by atoms with Crippen molar-refractivity contribution in [2.75, 3.05) is 4.90 Å². The molecule has 0 saturated carbocycles. The molecule has 126 valence electrons. The van der Waals surface area contributed by atoms with Crippen molar-refractivity contribution in [1.82, 2.24) is 0 Å². The van der Waals surface area contributed by atoms with E-state index < -0.39 is 12.8 Å². The van der Waals surface area contributed by atoms with Crippen LogP contribution in [0.2, 0.25) is 11.6 Å². The Labute approximate surface area is 152 Å². The minimum absolute atomic E-state index is 0.0258. The summed E-state index contributed by atoms with van der Waals surface area (Å²) < 4.78 is 3.13. The minimum atomic E-state index is -1.93. The zero-order valence-electron chi connectivity index (χ0n) is 15.2. The van der Waals surface area contributed by atoms with E-state index in [1.54, 1.807) is 8.92 Å². The molecule has 2 aliphatic heterocycles. The first-order valence-corrected chi connectivity index (χ1v) is 13.9. The van der Waals surface area contributed by atoms with Crippen LogP contribution in [0.15, 0.2) is 66.7 Å². The third-order valence-corrected chi connectivity index (χ3v) is 11.9. The van der Waals surface area contributed by atoms with Gasteiger partial charge < -0.3 is 0 Å². The fourth-order valence-corrected chi connectivity index (χ4v) is 9.70. The van der Waals surface area contributed by atoms with Gasteiger partial charge in [-0.2, -0.15) is 0 Å². The van der Waals surface area contributed by atoms with Crippen molar-refractivity contribution >= 4 is 38.8 Å². The number of benzene rings is 3. The van der Waals surface area contributed by atoms with Crippen LogP contribution in [0.4, 0.5) is 17.1 Å². The van der Waals surface area contributed by atoms with Gasteiger partial charge in [0.1, 0.15) is 0 Å². The summed E-state index contributed by atoms with van der Waals surface area (Å²) in [6, 6.07) is 25.0. The van der Waals surface area contributed by atoms with Gasteiger partial charge in [0.05, 0.1) is 0 Å². The van der Waals surface area contributed by atoms with E-state index in [2.05, 4.69) is 97.1 Å². The van der Waals surface area contributed by atoms with Gasteiger partial charge in [0, 0.05) is 0 Å². The van der Waals surface area contributed by atoms with E-state index in [-0.39, 0.29) is 5.41 Å². The molecule has 0 saturated heterocycles. The van der Waals surface area contributed by atoms with Crippen LogP contribution < -0.4 is 13.8 Å². The van der Waals surface area contributed by atoms with Gasteiger partial charge in [-0.1, -0.05) is 0 Å². The molecule has 3 aromatic rings. The van der Waals surface area contributed by atoms with E-state index in [0.29, 0.717) is 0 Å². The van der Waals surface area contributed by atoms with E-state index in [9.17, 15) is 0 Å². The summed E-state index contributed by atoms with van der Waals surface area (Å²) in [5.41, 5.74) is 7.08. The molecule has 0 spiro atoms. The van der Waals surface area contributed by atoms with Crippen LogP contribution in [0.3, 0.4) is 0 Å². The van der Waals surface area contributed by atoms with Gasteiger partial charge in [-0.25, -0.2) is 0 Å². The summed E-state index contributed by atoms with van der Waals surface area (Å²) >= 11 is -1.93. The predicted octanol–water partition coefficient (Wildman–Crippen LogP) is 4.93. The van der Waals surface area contributed by atoms with Crippen LogP contribution in [0.25, 0.3) is 0 Å². The van der Waals surface area contributed by atoms with Crippen molar-refractivity contribution in [2.24, 2.45) is 0 Å². The Hall–Kier alpha value is -2.02. The molecule has 0 amide bonds. The molecule has 0 fully saturated rings. The second-order valence-corrected chi connectivity index (χ2v) is 15.3. The van der Waals surface area contributed by atoms with E-state index in [0.717, 1.165) is 0 Å². The number of nitrogens with zero attached hydrogens (tertiary/aromatic N) is 1. The average molecular weight is 392 g/mol. The van der Waals surface area contributed by atoms with Crippen molar-refractivity contribution in [3.63, 3.8) is 0 Å². The topological polar surface area (TPSA) is 3.24 Å². The van der Waals surface area contributed by atoms with Gasteiger partial charge in [-0.15, -0.1) is 0 Å². The number of anilines is 3. The normalized spacial score (nSPS) is 19.4. The Bertz CT molecular complexity index is 938. The zero-order valence-corrected chi connectivity index (χ0v) is 16.9. The van der Waals surface area contributed by atoms with Crippen molar-refractivity contribution < 1.29 is 0 Å². The van der Waals surface area contributed by atoms with Gasteiger partial charge in [0.25, 0.3) is 0 Å². The molecular formula is C23H23NSe. The molecule has 0 bridgehead atoms. The van der Waals surface area contributed by atoms with E-state index in [4.69, 9.17) is 0 Å². The molecule has 0 radical (unpaired) electrons. The summed E-state index contributed by atoms with van der Waals surface area (Å²) in [6.07, 6.45) is 0. The number of hydrogen-bond donors (Lipinski definition) is 0. The molecule has 0 aliphatic carbocycles. The summed E-state index contributed by atoms with van der Waals surface area (Å²) in [6.45, 7) is 4.74. The second kappa shape index (κ2) is 4.78. The SMILES string of the molecule is CC1(C)c2ccccc2N2c3ccccc3[Se](C)(C)c3cccc1c32. The summed E-state index contributed by atoms with van der Waals surface area (Å²) in [4.78, 5) is 2.53. The van der Waals surface area contributed by atoms with Crippen LogP contribution in [0, 0.1) is 0 Å². The van der Waals surface area contributed by atoms with Crippen LogP contribution in [0.1, 0.15) is 25.0 Å². The van der Waals surface area contributed by atoms with Gasteiger partial charge in [0.15, 0.2) is 0 Å². The van der Waals surface area contributed by atoms with Gasteiger partial charge >= 0.3 is 152 Å². The van der Waals surface area contributed by atoms with Gasteiger partial charge in [-0.05, 0) is 0 Å². The van der Waals surface area contributed by atoms with E-state index in [1.165, 1.54) is 28.2 Å². The molecule has 0 N–H and O–H groups in total. The molecule has 25 heavy (non-hydrogen) atoms. The predicted molar refractivity (Wildman–Crippen MR) is 110 cm³/mol. The van der Waals surface area contributed by atoms with Crippen molar-refractivity contribution in [3.05, 3.63) is 77.9 Å². The molecule has 1 nitrogen and oxygen atoms in total. The van der Waals surface area contributed by atoms with Crippen molar-refractivity contribution in [3.8, 4) is 0 Å². The number of rotatable bonds is 0. The second-order valence-electron chi connectivity index (χ2n) is 7.92. The van der Waals surface area contributed by atoms with Crippen LogP contribution in [0.5, 0.6) is 0 Å². The van der Waals surface area contributed by atoms with Crippen LogP contribution in [-0.2, 0) is 5.41 Å². The quantitative estimate of drug-likeness (QED) is 0.491. The van der Waals surface area contributed by atoms with Crippen LogP contribution in [-0.4, -0.2) is 12.8 Å². The third kappa shape index (κ3) is 1.79. The standard InChI is InChI=1S/C23H23NSe/c1-23(2)16-10-5-6-12-18(16)24-19-13-7-8-14-20(19)25(3,4)21-15-9-11-17(23)22(21)24/h5-15H,1-4H3. The average Bonchev–Trinajstić information content (AvgIpc) is 2.61. The fraction of sp³-hybridized carbons (Fsp3) is 0.217. The first-order valence-electron chi connectivity index (χ1n) is 8.79. The molecule has 2 aliphatic rings. The van der Waals surface area contributed by atoms with E-state index in [1.807, 2.05) is 0 Å². The monoisotopic (exact) mass is 393 g/mol. The summed E-state index contributed by atoms with van der Waals surface area (Å²) in [5.74, 6) is 5.02. The fourth-order valence-electron chi connectivity index (χ4n) is 4.57. The summed E-state index contributed by atoms with van der Waals surface area (Å²) in [5, 5.41) is 0. The zero-order chi connectivity index (χ0) is 17.4. The molecule has 0 atom stereocenters. The van der Waals surface area contributed by atoms with Gasteiger partial charge in [0.2, 0.25) is 0 Å². The van der Waals surface area contributed by atoms with E-state index >= 15 is 0 Å². The summed E-state index contributed by atoms with van der Waals surface area (Å²) in [7, 11) is 0. The molecule has 0 unspecified atom stereocenters. The maximum atomic E-state index is 2.53. The number of fused-ring (bicyclic) bond motifs is 4. The molecule has 2 heterocycles. The first-order chi connectivity index (χ1) is 11.9. The number of hydrogen-bond acceptors (Lipinski definition) is 1. The Kier molecular flexibility index (Phi) is 2.92. The molecular weight excluding hydrogens is 369 g/mol.